The quantitative estimate of drug-likeness (QED) is 0.689. The number of aliphatic hydroxyl groups excluding tert-OH is 1. The van der Waals surface area contributed by atoms with Crippen molar-refractivity contribution in [2.24, 2.45) is 5.92 Å². The summed E-state index contributed by atoms with van der Waals surface area (Å²) >= 11 is 0. The van der Waals surface area contributed by atoms with Gasteiger partial charge in [0.05, 0.1) is 6.10 Å². The predicted octanol–water partition coefficient (Wildman–Crippen LogP) is 2.10. The fraction of sp³-hybridized carbons (Fsp3) is 0.533. The molecule has 1 amide bonds. The SMILES string of the molecule is CCC(CC)C(O)CNC(=O)c1ccc(N)cc1C. The first-order chi connectivity index (χ1) is 8.99. The van der Waals surface area contributed by atoms with Gasteiger partial charge in [-0.25, -0.2) is 0 Å². The molecule has 4 N–H and O–H groups in total. The number of aryl methyl sites for hydroxylation is 1. The molecule has 0 aliphatic heterocycles. The minimum Gasteiger partial charge on any atom is -0.399 e. The Kier molecular flexibility index (Phi) is 5.83. The lowest BCUT2D eigenvalue weighted by molar-refractivity contribution is 0.0816. The first-order valence-corrected chi connectivity index (χ1v) is 6.81. The summed E-state index contributed by atoms with van der Waals surface area (Å²) in [5, 5.41) is 12.8. The van der Waals surface area contributed by atoms with Crippen LogP contribution in [0.2, 0.25) is 0 Å². The molecule has 0 aliphatic rings. The third-order valence-corrected chi connectivity index (χ3v) is 3.56. The summed E-state index contributed by atoms with van der Waals surface area (Å²) in [5.41, 5.74) is 7.74. The molecule has 1 aromatic rings. The number of nitrogens with two attached hydrogens (primary N) is 1. The Hall–Kier alpha value is -1.55. The number of carbonyl (C=O) groups excluding carboxylic acids is 1. The van der Waals surface area contributed by atoms with E-state index in [4.69, 9.17) is 5.73 Å². The van der Waals surface area contributed by atoms with Crippen LogP contribution in [-0.4, -0.2) is 23.7 Å². The fourth-order valence-electron chi connectivity index (χ4n) is 2.23. The largest absolute Gasteiger partial charge is 0.399 e. The van der Waals surface area contributed by atoms with Crippen LogP contribution < -0.4 is 11.1 Å². The van der Waals surface area contributed by atoms with Crippen molar-refractivity contribution in [3.8, 4) is 0 Å². The third kappa shape index (κ3) is 4.24. The Balaban J connectivity index is 2.60. The molecule has 1 atom stereocenters. The summed E-state index contributed by atoms with van der Waals surface area (Å²) in [7, 11) is 0. The van der Waals surface area contributed by atoms with Gasteiger partial charge in [0.2, 0.25) is 0 Å². The molecule has 1 rings (SSSR count). The van der Waals surface area contributed by atoms with E-state index in [1.54, 1.807) is 18.2 Å². The van der Waals surface area contributed by atoms with Gasteiger partial charge < -0.3 is 16.2 Å². The number of hydrogen-bond donors (Lipinski definition) is 3. The number of anilines is 1. The van der Waals surface area contributed by atoms with E-state index in [1.807, 2.05) is 20.8 Å². The number of nitrogen functional groups attached to an aromatic ring is 1. The van der Waals surface area contributed by atoms with E-state index in [0.717, 1.165) is 18.4 Å². The van der Waals surface area contributed by atoms with Gasteiger partial charge in [-0.15, -0.1) is 0 Å². The smallest absolute Gasteiger partial charge is 0.251 e. The molecule has 4 heteroatoms. The minimum absolute atomic E-state index is 0.164. The zero-order valence-corrected chi connectivity index (χ0v) is 11.9. The third-order valence-electron chi connectivity index (χ3n) is 3.56. The van der Waals surface area contributed by atoms with Gasteiger partial charge in [-0.1, -0.05) is 26.7 Å². The average Bonchev–Trinajstić information content (AvgIpc) is 2.37. The molecule has 0 aromatic heterocycles. The molecular formula is C15H24N2O2. The lowest BCUT2D eigenvalue weighted by Gasteiger charge is -2.20. The molecule has 0 fully saturated rings. The van der Waals surface area contributed by atoms with Gasteiger partial charge in [-0.2, -0.15) is 0 Å². The maximum atomic E-state index is 12.0. The first kappa shape index (κ1) is 15.5. The van der Waals surface area contributed by atoms with Crippen molar-refractivity contribution < 1.29 is 9.90 Å². The summed E-state index contributed by atoms with van der Waals surface area (Å²) in [4.78, 5) is 12.0. The van der Waals surface area contributed by atoms with Crippen molar-refractivity contribution in [2.45, 2.75) is 39.7 Å². The molecule has 19 heavy (non-hydrogen) atoms. The van der Waals surface area contributed by atoms with Crippen LogP contribution in [0.1, 0.15) is 42.6 Å². The van der Waals surface area contributed by atoms with Gasteiger partial charge in [-0.3, -0.25) is 4.79 Å². The second-order valence-corrected chi connectivity index (χ2v) is 4.93. The second-order valence-electron chi connectivity index (χ2n) is 4.93. The van der Waals surface area contributed by atoms with Crippen molar-refractivity contribution in [2.75, 3.05) is 12.3 Å². The van der Waals surface area contributed by atoms with Gasteiger partial charge in [0.25, 0.3) is 5.91 Å². The monoisotopic (exact) mass is 264 g/mol. The molecule has 0 spiro atoms. The van der Waals surface area contributed by atoms with Crippen LogP contribution in [0, 0.1) is 12.8 Å². The molecule has 0 saturated heterocycles. The van der Waals surface area contributed by atoms with Crippen molar-refractivity contribution in [3.63, 3.8) is 0 Å². The number of hydrogen-bond acceptors (Lipinski definition) is 3. The van der Waals surface area contributed by atoms with Crippen LogP contribution >= 0.6 is 0 Å². The standard InChI is InChI=1S/C15H24N2O2/c1-4-11(5-2)14(18)9-17-15(19)13-7-6-12(16)8-10(13)3/h6-8,11,14,18H,4-5,9,16H2,1-3H3,(H,17,19). The van der Waals surface area contributed by atoms with Gasteiger partial charge in [0.15, 0.2) is 0 Å². The normalized spacial score (nSPS) is 12.5. The minimum atomic E-state index is -0.493. The lowest BCUT2D eigenvalue weighted by Crippen LogP contribution is -2.36. The van der Waals surface area contributed by atoms with Crippen LogP contribution in [0.4, 0.5) is 5.69 Å². The van der Waals surface area contributed by atoms with Crippen LogP contribution in [0.15, 0.2) is 18.2 Å². The van der Waals surface area contributed by atoms with Crippen LogP contribution in [0.25, 0.3) is 0 Å². The summed E-state index contributed by atoms with van der Waals surface area (Å²) in [6, 6.07) is 5.19. The summed E-state index contributed by atoms with van der Waals surface area (Å²) in [6.45, 7) is 6.23. The summed E-state index contributed by atoms with van der Waals surface area (Å²) in [6.07, 6.45) is 1.33. The van der Waals surface area contributed by atoms with Gasteiger partial charge in [0, 0.05) is 17.8 Å². The molecule has 106 valence electrons. The lowest BCUT2D eigenvalue weighted by atomic mass is 9.96. The van der Waals surface area contributed by atoms with E-state index in [1.165, 1.54) is 0 Å². The molecule has 1 unspecified atom stereocenters. The number of amides is 1. The van der Waals surface area contributed by atoms with Crippen molar-refractivity contribution >= 4 is 11.6 Å². The highest BCUT2D eigenvalue weighted by molar-refractivity contribution is 5.96. The first-order valence-electron chi connectivity index (χ1n) is 6.81. The van der Waals surface area contributed by atoms with Gasteiger partial charge in [0.1, 0.15) is 0 Å². The maximum absolute atomic E-state index is 12.0. The van der Waals surface area contributed by atoms with E-state index in [2.05, 4.69) is 5.32 Å². The van der Waals surface area contributed by atoms with Crippen molar-refractivity contribution in [1.82, 2.24) is 5.32 Å². The Labute approximate surface area is 115 Å². The van der Waals surface area contributed by atoms with E-state index >= 15 is 0 Å². The zero-order valence-electron chi connectivity index (χ0n) is 11.9. The molecule has 0 bridgehead atoms. The Morgan fingerprint density at radius 1 is 1.37 bits per heavy atom. The number of benzene rings is 1. The highest BCUT2D eigenvalue weighted by Gasteiger charge is 2.17. The zero-order chi connectivity index (χ0) is 14.4. The molecule has 0 radical (unpaired) electrons. The number of aliphatic hydroxyl groups is 1. The number of rotatable bonds is 6. The molecule has 0 heterocycles. The predicted molar refractivity (Wildman–Crippen MR) is 78.0 cm³/mol. The highest BCUT2D eigenvalue weighted by Crippen LogP contribution is 2.14. The van der Waals surface area contributed by atoms with E-state index in [-0.39, 0.29) is 18.4 Å². The summed E-state index contributed by atoms with van der Waals surface area (Å²) < 4.78 is 0. The molecule has 0 saturated carbocycles. The van der Waals surface area contributed by atoms with Crippen molar-refractivity contribution in [1.29, 1.82) is 0 Å². The Morgan fingerprint density at radius 3 is 2.53 bits per heavy atom. The number of nitrogens with one attached hydrogen (secondary N) is 1. The highest BCUT2D eigenvalue weighted by atomic mass is 16.3. The average molecular weight is 264 g/mol. The Morgan fingerprint density at radius 2 is 2.00 bits per heavy atom. The van der Waals surface area contributed by atoms with E-state index in [0.29, 0.717) is 11.3 Å². The molecular weight excluding hydrogens is 240 g/mol. The van der Waals surface area contributed by atoms with Crippen LogP contribution in [0.3, 0.4) is 0 Å². The van der Waals surface area contributed by atoms with Gasteiger partial charge >= 0.3 is 0 Å². The Bertz CT molecular complexity index is 428. The summed E-state index contributed by atoms with van der Waals surface area (Å²) in [5.74, 6) is 0.0651. The van der Waals surface area contributed by atoms with E-state index < -0.39 is 6.10 Å². The molecule has 1 aromatic carbocycles. The number of carbonyl (C=O) groups is 1. The van der Waals surface area contributed by atoms with Crippen LogP contribution in [0.5, 0.6) is 0 Å². The second kappa shape index (κ2) is 7.14. The van der Waals surface area contributed by atoms with Gasteiger partial charge in [-0.05, 0) is 36.6 Å². The fourth-order valence-corrected chi connectivity index (χ4v) is 2.23. The molecule has 0 aliphatic carbocycles. The van der Waals surface area contributed by atoms with E-state index in [9.17, 15) is 9.90 Å². The van der Waals surface area contributed by atoms with Crippen molar-refractivity contribution in [3.05, 3.63) is 29.3 Å². The molecule has 4 nitrogen and oxygen atoms in total. The van der Waals surface area contributed by atoms with Crippen LogP contribution in [-0.2, 0) is 0 Å². The topological polar surface area (TPSA) is 75.3 Å². The maximum Gasteiger partial charge on any atom is 0.251 e.